The quantitative estimate of drug-likeness (QED) is 0.513. The molecule has 0 unspecified atom stereocenters. The Morgan fingerprint density at radius 1 is 1.26 bits per heavy atom. The number of guanidine groups is 1. The summed E-state index contributed by atoms with van der Waals surface area (Å²) in [6, 6.07) is 4.03. The molecular weight excluding hydrogens is 340 g/mol. The van der Waals surface area contributed by atoms with E-state index in [2.05, 4.69) is 26.7 Å². The van der Waals surface area contributed by atoms with Crippen molar-refractivity contribution in [2.75, 3.05) is 27.3 Å². The van der Waals surface area contributed by atoms with E-state index in [-0.39, 0.29) is 0 Å². The van der Waals surface area contributed by atoms with Gasteiger partial charge in [-0.3, -0.25) is 4.99 Å². The first-order chi connectivity index (χ1) is 13.2. The predicted molar refractivity (Wildman–Crippen MR) is 108 cm³/mol. The van der Waals surface area contributed by atoms with E-state index in [1.165, 1.54) is 32.1 Å². The summed E-state index contributed by atoms with van der Waals surface area (Å²) in [4.78, 5) is 8.83. The van der Waals surface area contributed by atoms with Gasteiger partial charge < -0.3 is 20.1 Å². The van der Waals surface area contributed by atoms with Crippen molar-refractivity contribution in [1.29, 1.82) is 0 Å². The molecule has 6 nitrogen and oxygen atoms in total. The molecule has 0 spiro atoms. The molecule has 6 heteroatoms. The molecule has 1 aromatic rings. The number of hydrogen-bond acceptors (Lipinski definition) is 4. The molecule has 0 atom stereocenters. The molecule has 0 bridgehead atoms. The fourth-order valence-electron chi connectivity index (χ4n) is 4.01. The number of aliphatic imine (C=N–C) groups is 1. The van der Waals surface area contributed by atoms with Gasteiger partial charge in [0, 0.05) is 45.6 Å². The van der Waals surface area contributed by atoms with E-state index in [9.17, 15) is 0 Å². The Labute approximate surface area is 163 Å². The highest BCUT2D eigenvalue weighted by Crippen LogP contribution is 2.43. The Kier molecular flexibility index (Phi) is 7.33. The number of nitrogens with zero attached hydrogens (tertiary/aromatic N) is 2. The van der Waals surface area contributed by atoms with Gasteiger partial charge in [-0.25, -0.2) is 4.98 Å². The van der Waals surface area contributed by atoms with Gasteiger partial charge in [-0.2, -0.15) is 0 Å². The van der Waals surface area contributed by atoms with Crippen LogP contribution in [0.15, 0.2) is 23.3 Å². The summed E-state index contributed by atoms with van der Waals surface area (Å²) >= 11 is 0. The lowest BCUT2D eigenvalue weighted by molar-refractivity contribution is 0.0732. The van der Waals surface area contributed by atoms with Crippen molar-refractivity contribution in [1.82, 2.24) is 15.6 Å². The molecule has 0 aromatic carbocycles. The Bertz CT molecular complexity index is 610. The molecule has 2 aliphatic rings. The van der Waals surface area contributed by atoms with Crippen LogP contribution >= 0.6 is 0 Å². The maximum Gasteiger partial charge on any atom is 0.218 e. The van der Waals surface area contributed by atoms with E-state index in [1.807, 2.05) is 13.1 Å². The molecule has 1 heterocycles. The molecule has 2 aliphatic carbocycles. The van der Waals surface area contributed by atoms with Gasteiger partial charge in [-0.05, 0) is 56.4 Å². The van der Waals surface area contributed by atoms with E-state index >= 15 is 0 Å². The molecule has 1 aromatic heterocycles. The first-order valence-electron chi connectivity index (χ1n) is 10.3. The average molecular weight is 375 g/mol. The molecule has 2 saturated carbocycles. The molecule has 0 saturated heterocycles. The second-order valence-corrected chi connectivity index (χ2v) is 7.87. The Balaban J connectivity index is 1.50. The minimum atomic E-state index is 0.315. The van der Waals surface area contributed by atoms with Crippen LogP contribution in [-0.2, 0) is 11.3 Å². The molecular formula is C21H34N4O2. The molecule has 150 valence electrons. The van der Waals surface area contributed by atoms with Gasteiger partial charge in [0.15, 0.2) is 5.96 Å². The monoisotopic (exact) mass is 374 g/mol. The summed E-state index contributed by atoms with van der Waals surface area (Å²) in [7, 11) is 3.59. The Morgan fingerprint density at radius 2 is 2.07 bits per heavy atom. The van der Waals surface area contributed by atoms with Crippen LogP contribution in [0, 0.1) is 5.41 Å². The number of nitrogens with one attached hydrogen (secondary N) is 2. The highest BCUT2D eigenvalue weighted by atomic mass is 16.5. The normalized spacial score (nSPS) is 19.6. The van der Waals surface area contributed by atoms with Gasteiger partial charge in [-0.1, -0.05) is 12.5 Å². The van der Waals surface area contributed by atoms with Gasteiger partial charge in [0.2, 0.25) is 5.88 Å². The van der Waals surface area contributed by atoms with E-state index < -0.39 is 0 Å². The highest BCUT2D eigenvalue weighted by Gasteiger charge is 2.36. The lowest BCUT2D eigenvalue weighted by Gasteiger charge is -2.42. The van der Waals surface area contributed by atoms with Crippen molar-refractivity contribution in [2.45, 2.75) is 64.0 Å². The summed E-state index contributed by atoms with van der Waals surface area (Å²) in [5.74, 6) is 1.58. The maximum atomic E-state index is 6.13. The van der Waals surface area contributed by atoms with Gasteiger partial charge >= 0.3 is 0 Å². The number of hydrogen-bond donors (Lipinski definition) is 2. The summed E-state index contributed by atoms with van der Waals surface area (Å²) in [6.07, 6.45) is 11.9. The van der Waals surface area contributed by atoms with Crippen molar-refractivity contribution in [3.05, 3.63) is 23.9 Å². The average Bonchev–Trinajstić information content (AvgIpc) is 3.17. The molecule has 2 fully saturated rings. The maximum absolute atomic E-state index is 6.13. The van der Waals surface area contributed by atoms with Crippen LogP contribution in [-0.4, -0.2) is 44.4 Å². The minimum absolute atomic E-state index is 0.315. The molecule has 0 aliphatic heterocycles. The van der Waals surface area contributed by atoms with Gasteiger partial charge in [0.1, 0.15) is 6.10 Å². The number of methoxy groups -OCH3 is 1. The van der Waals surface area contributed by atoms with Gasteiger partial charge in [-0.15, -0.1) is 0 Å². The van der Waals surface area contributed by atoms with Crippen LogP contribution in [0.4, 0.5) is 0 Å². The first-order valence-corrected chi connectivity index (χ1v) is 10.3. The third kappa shape index (κ3) is 5.58. The Morgan fingerprint density at radius 3 is 2.74 bits per heavy atom. The zero-order chi connectivity index (χ0) is 19.0. The van der Waals surface area contributed by atoms with Crippen molar-refractivity contribution >= 4 is 5.96 Å². The molecule has 2 N–H and O–H groups in total. The molecule has 3 rings (SSSR count). The van der Waals surface area contributed by atoms with Crippen LogP contribution in [0.5, 0.6) is 5.88 Å². The third-order valence-electron chi connectivity index (χ3n) is 5.98. The van der Waals surface area contributed by atoms with Crippen LogP contribution < -0.4 is 15.4 Å². The SMILES string of the molecule is CN=C(NCc1cccnc1OC1CCCC1)NCC1(CCOC)CCC1. The van der Waals surface area contributed by atoms with Crippen LogP contribution in [0.2, 0.25) is 0 Å². The van der Waals surface area contributed by atoms with E-state index in [0.717, 1.165) is 49.8 Å². The summed E-state index contributed by atoms with van der Waals surface area (Å²) in [6.45, 7) is 2.42. The van der Waals surface area contributed by atoms with E-state index in [0.29, 0.717) is 18.1 Å². The lowest BCUT2D eigenvalue weighted by Crippen LogP contribution is -2.46. The van der Waals surface area contributed by atoms with Crippen molar-refractivity contribution in [3.8, 4) is 5.88 Å². The highest BCUT2D eigenvalue weighted by molar-refractivity contribution is 5.79. The fraction of sp³-hybridized carbons (Fsp3) is 0.714. The standard InChI is InChI=1S/C21H34N4O2/c1-22-20(25-16-21(10-6-11-21)12-14-26-2)24-15-17-7-5-13-23-19(17)27-18-8-3-4-9-18/h5,7,13,18H,3-4,6,8-12,14-16H2,1-2H3,(H2,22,24,25). The number of ether oxygens (including phenoxy) is 2. The fourth-order valence-corrected chi connectivity index (χ4v) is 4.01. The van der Waals surface area contributed by atoms with Crippen molar-refractivity contribution in [2.24, 2.45) is 10.4 Å². The summed E-state index contributed by atoms with van der Waals surface area (Å²) in [5.41, 5.74) is 1.43. The largest absolute Gasteiger partial charge is 0.474 e. The number of rotatable bonds is 9. The number of aromatic nitrogens is 1. The third-order valence-corrected chi connectivity index (χ3v) is 5.98. The second-order valence-electron chi connectivity index (χ2n) is 7.87. The zero-order valence-corrected chi connectivity index (χ0v) is 16.8. The van der Waals surface area contributed by atoms with Crippen molar-refractivity contribution < 1.29 is 9.47 Å². The Hall–Kier alpha value is -1.82. The number of pyridine rings is 1. The topological polar surface area (TPSA) is 67.8 Å². The molecule has 27 heavy (non-hydrogen) atoms. The minimum Gasteiger partial charge on any atom is -0.474 e. The first kappa shape index (κ1) is 19.9. The van der Waals surface area contributed by atoms with E-state index in [1.54, 1.807) is 13.3 Å². The molecule has 0 radical (unpaired) electrons. The molecule has 0 amide bonds. The van der Waals surface area contributed by atoms with Gasteiger partial charge in [0.05, 0.1) is 0 Å². The second kappa shape index (κ2) is 9.93. The predicted octanol–water partition coefficient (Wildman–Crippen LogP) is 3.27. The summed E-state index contributed by atoms with van der Waals surface area (Å²) < 4.78 is 11.4. The smallest absolute Gasteiger partial charge is 0.218 e. The van der Waals surface area contributed by atoms with Crippen LogP contribution in [0.1, 0.15) is 56.9 Å². The zero-order valence-electron chi connectivity index (χ0n) is 16.8. The van der Waals surface area contributed by atoms with Crippen LogP contribution in [0.3, 0.4) is 0 Å². The summed E-state index contributed by atoms with van der Waals surface area (Å²) in [5, 5.41) is 6.92. The van der Waals surface area contributed by atoms with Crippen molar-refractivity contribution in [3.63, 3.8) is 0 Å². The van der Waals surface area contributed by atoms with E-state index in [4.69, 9.17) is 9.47 Å². The van der Waals surface area contributed by atoms with Gasteiger partial charge in [0.25, 0.3) is 0 Å². The lowest BCUT2D eigenvalue weighted by atomic mass is 9.67. The van der Waals surface area contributed by atoms with Crippen LogP contribution in [0.25, 0.3) is 0 Å².